The van der Waals surface area contributed by atoms with Gasteiger partial charge in [-0.25, -0.2) is 4.98 Å². The average molecular weight is 248 g/mol. The Labute approximate surface area is 109 Å². The van der Waals surface area contributed by atoms with Crippen LogP contribution >= 0.6 is 0 Å². The number of aromatic nitrogens is 2. The monoisotopic (exact) mass is 248 g/mol. The summed E-state index contributed by atoms with van der Waals surface area (Å²) in [5.74, 6) is 1.17. The molecule has 0 bridgehead atoms. The minimum Gasteiger partial charge on any atom is -0.342 e. The summed E-state index contributed by atoms with van der Waals surface area (Å²) in [5.41, 5.74) is 0.630. The maximum atomic E-state index is 4.52. The smallest absolute Gasteiger partial charge is 0.205 e. The third kappa shape index (κ3) is 2.14. The zero-order valence-corrected chi connectivity index (χ0v) is 11.4. The fraction of sp³-hybridized carbons (Fsp3) is 0.786. The van der Waals surface area contributed by atoms with Crippen molar-refractivity contribution in [3.05, 3.63) is 12.4 Å². The Morgan fingerprint density at radius 3 is 2.61 bits per heavy atom. The number of aryl methyl sites for hydroxylation is 1. The largest absolute Gasteiger partial charge is 0.342 e. The Bertz CT molecular complexity index is 382. The molecule has 0 aromatic carbocycles. The van der Waals surface area contributed by atoms with Gasteiger partial charge >= 0.3 is 0 Å². The Balaban J connectivity index is 1.66. The molecular formula is C14H24N4. The molecule has 1 spiro atoms. The van der Waals surface area contributed by atoms with E-state index in [1.165, 1.54) is 57.8 Å². The van der Waals surface area contributed by atoms with Crippen LogP contribution in [0.3, 0.4) is 0 Å². The maximum Gasteiger partial charge on any atom is 0.205 e. The van der Waals surface area contributed by atoms with Crippen LogP contribution < -0.4 is 10.2 Å². The van der Waals surface area contributed by atoms with E-state index in [2.05, 4.69) is 32.9 Å². The molecule has 3 rings (SSSR count). The molecule has 3 heterocycles. The highest BCUT2D eigenvalue weighted by Crippen LogP contribution is 2.40. The molecule has 2 aliphatic rings. The van der Waals surface area contributed by atoms with Gasteiger partial charge in [0.25, 0.3) is 0 Å². The standard InChI is InChI=1S/C14H24N4/c1-2-17-12-9-16-13(17)18-10-5-14(6-11-18)3-7-15-8-4-14/h9,12,15H,2-8,10-11H2,1H3. The van der Waals surface area contributed by atoms with E-state index in [1.807, 2.05) is 6.20 Å². The number of nitrogens with zero attached hydrogens (tertiary/aromatic N) is 3. The fourth-order valence-electron chi connectivity index (χ4n) is 3.47. The Kier molecular flexibility index (Phi) is 3.29. The van der Waals surface area contributed by atoms with Crippen molar-refractivity contribution < 1.29 is 0 Å². The predicted octanol–water partition coefficient (Wildman–Crippen LogP) is 1.87. The van der Waals surface area contributed by atoms with Crippen LogP contribution in [0.5, 0.6) is 0 Å². The molecule has 1 N–H and O–H groups in total. The van der Waals surface area contributed by atoms with Gasteiger partial charge in [0.05, 0.1) is 0 Å². The first-order chi connectivity index (χ1) is 8.83. The number of imidazole rings is 1. The quantitative estimate of drug-likeness (QED) is 0.867. The zero-order chi connectivity index (χ0) is 12.4. The summed E-state index contributed by atoms with van der Waals surface area (Å²) in [7, 11) is 0. The lowest BCUT2D eigenvalue weighted by Crippen LogP contribution is -2.46. The van der Waals surface area contributed by atoms with Crippen LogP contribution in [-0.2, 0) is 6.54 Å². The van der Waals surface area contributed by atoms with Crippen molar-refractivity contribution >= 4 is 5.95 Å². The number of nitrogens with one attached hydrogen (secondary N) is 1. The van der Waals surface area contributed by atoms with E-state index >= 15 is 0 Å². The highest BCUT2D eigenvalue weighted by atomic mass is 15.3. The topological polar surface area (TPSA) is 33.1 Å². The van der Waals surface area contributed by atoms with Gasteiger partial charge < -0.3 is 14.8 Å². The number of piperidine rings is 2. The van der Waals surface area contributed by atoms with E-state index in [0.717, 1.165) is 6.54 Å². The first kappa shape index (κ1) is 12.0. The van der Waals surface area contributed by atoms with E-state index in [4.69, 9.17) is 0 Å². The van der Waals surface area contributed by atoms with Crippen molar-refractivity contribution in [3.63, 3.8) is 0 Å². The second-order valence-electron chi connectivity index (χ2n) is 5.75. The van der Waals surface area contributed by atoms with Gasteiger partial charge in [0.1, 0.15) is 0 Å². The molecule has 0 atom stereocenters. The van der Waals surface area contributed by atoms with Gasteiger partial charge in [-0.05, 0) is 51.1 Å². The molecule has 4 heteroatoms. The molecule has 0 aliphatic carbocycles. The first-order valence-electron chi connectivity index (χ1n) is 7.30. The van der Waals surface area contributed by atoms with Crippen molar-refractivity contribution in [1.82, 2.24) is 14.9 Å². The molecule has 100 valence electrons. The van der Waals surface area contributed by atoms with Gasteiger partial charge in [-0.3, -0.25) is 0 Å². The second kappa shape index (κ2) is 4.92. The van der Waals surface area contributed by atoms with Gasteiger partial charge in [0.15, 0.2) is 0 Å². The zero-order valence-electron chi connectivity index (χ0n) is 11.4. The SMILES string of the molecule is CCn1ccnc1N1CCC2(CCNCC2)CC1. The fourth-order valence-corrected chi connectivity index (χ4v) is 3.47. The van der Waals surface area contributed by atoms with Gasteiger partial charge in [-0.15, -0.1) is 0 Å². The lowest BCUT2D eigenvalue weighted by molar-refractivity contribution is 0.154. The van der Waals surface area contributed by atoms with Crippen LogP contribution in [0.4, 0.5) is 5.95 Å². The van der Waals surface area contributed by atoms with Crippen molar-refractivity contribution in [3.8, 4) is 0 Å². The summed E-state index contributed by atoms with van der Waals surface area (Å²) in [6.07, 6.45) is 9.42. The van der Waals surface area contributed by atoms with Gasteiger partial charge in [0, 0.05) is 32.0 Å². The van der Waals surface area contributed by atoms with Crippen LogP contribution in [0, 0.1) is 5.41 Å². The van der Waals surface area contributed by atoms with Crippen molar-refractivity contribution in [1.29, 1.82) is 0 Å². The average Bonchev–Trinajstić information content (AvgIpc) is 2.89. The summed E-state index contributed by atoms with van der Waals surface area (Å²) >= 11 is 0. The van der Waals surface area contributed by atoms with Crippen LogP contribution in [-0.4, -0.2) is 35.7 Å². The highest BCUT2D eigenvalue weighted by Gasteiger charge is 2.36. The molecule has 1 aromatic heterocycles. The van der Waals surface area contributed by atoms with Crippen molar-refractivity contribution in [2.45, 2.75) is 39.2 Å². The molecule has 0 radical (unpaired) electrons. The minimum absolute atomic E-state index is 0.630. The van der Waals surface area contributed by atoms with E-state index in [1.54, 1.807) is 0 Å². The Morgan fingerprint density at radius 1 is 1.22 bits per heavy atom. The van der Waals surface area contributed by atoms with Crippen molar-refractivity contribution in [2.24, 2.45) is 5.41 Å². The molecule has 0 amide bonds. The summed E-state index contributed by atoms with van der Waals surface area (Å²) < 4.78 is 2.25. The van der Waals surface area contributed by atoms with E-state index in [-0.39, 0.29) is 0 Å². The minimum atomic E-state index is 0.630. The van der Waals surface area contributed by atoms with Crippen LogP contribution in [0.25, 0.3) is 0 Å². The maximum absolute atomic E-state index is 4.52. The molecule has 18 heavy (non-hydrogen) atoms. The summed E-state index contributed by atoms with van der Waals surface area (Å²) in [6.45, 7) is 7.98. The second-order valence-corrected chi connectivity index (χ2v) is 5.75. The summed E-state index contributed by atoms with van der Waals surface area (Å²) in [5, 5.41) is 3.48. The lowest BCUT2D eigenvalue weighted by atomic mass is 9.72. The molecule has 0 unspecified atom stereocenters. The van der Waals surface area contributed by atoms with E-state index in [0.29, 0.717) is 5.41 Å². The van der Waals surface area contributed by atoms with E-state index < -0.39 is 0 Å². The summed E-state index contributed by atoms with van der Waals surface area (Å²) in [6, 6.07) is 0. The molecule has 1 aromatic rings. The molecule has 2 saturated heterocycles. The van der Waals surface area contributed by atoms with Crippen LogP contribution in [0.15, 0.2) is 12.4 Å². The van der Waals surface area contributed by atoms with E-state index in [9.17, 15) is 0 Å². The predicted molar refractivity (Wildman–Crippen MR) is 73.9 cm³/mol. The highest BCUT2D eigenvalue weighted by molar-refractivity contribution is 5.32. The molecular weight excluding hydrogens is 224 g/mol. The molecule has 2 aliphatic heterocycles. The Hall–Kier alpha value is -1.03. The number of hydrogen-bond donors (Lipinski definition) is 1. The third-order valence-corrected chi connectivity index (χ3v) is 4.81. The van der Waals surface area contributed by atoms with Gasteiger partial charge in [-0.2, -0.15) is 0 Å². The van der Waals surface area contributed by atoms with Crippen LogP contribution in [0.1, 0.15) is 32.6 Å². The molecule has 0 saturated carbocycles. The van der Waals surface area contributed by atoms with Crippen molar-refractivity contribution in [2.75, 3.05) is 31.1 Å². The number of rotatable bonds is 2. The number of hydrogen-bond acceptors (Lipinski definition) is 3. The van der Waals surface area contributed by atoms with Crippen LogP contribution in [0.2, 0.25) is 0 Å². The first-order valence-corrected chi connectivity index (χ1v) is 7.30. The molecule has 4 nitrogen and oxygen atoms in total. The Morgan fingerprint density at radius 2 is 1.94 bits per heavy atom. The molecule has 2 fully saturated rings. The number of anilines is 1. The normalized spacial score (nSPS) is 23.5. The van der Waals surface area contributed by atoms with Gasteiger partial charge in [-0.1, -0.05) is 0 Å². The van der Waals surface area contributed by atoms with Gasteiger partial charge in [0.2, 0.25) is 5.95 Å². The summed E-state index contributed by atoms with van der Waals surface area (Å²) in [4.78, 5) is 6.99. The lowest BCUT2D eigenvalue weighted by Gasteiger charge is -2.44. The third-order valence-electron chi connectivity index (χ3n) is 4.81.